The molecular formula is C22H22ClFN6O3. The van der Waals surface area contributed by atoms with Crippen molar-refractivity contribution < 1.29 is 19.3 Å². The molecule has 9 nitrogen and oxygen atoms in total. The van der Waals surface area contributed by atoms with Gasteiger partial charge in [-0.15, -0.1) is 0 Å². The molecule has 0 radical (unpaired) electrons. The Morgan fingerprint density at radius 2 is 2.00 bits per heavy atom. The lowest BCUT2D eigenvalue weighted by Crippen LogP contribution is -2.38. The summed E-state index contributed by atoms with van der Waals surface area (Å²) in [5, 5.41) is 22.8. The van der Waals surface area contributed by atoms with Crippen LogP contribution < -0.4 is 16.2 Å². The van der Waals surface area contributed by atoms with E-state index in [1.54, 1.807) is 22.9 Å². The SMILES string of the molecule is C[C@]1(COc2cc(F)c3cc(Cl)c(N)nc3c2)C[C@@H](n2ccc3c(N)ncnc32)[C@H](O)[C@@H]1O. The number of aliphatic hydroxyl groups is 2. The molecule has 0 unspecified atom stereocenters. The van der Waals surface area contributed by atoms with Gasteiger partial charge in [0.2, 0.25) is 0 Å². The summed E-state index contributed by atoms with van der Waals surface area (Å²) in [4.78, 5) is 12.4. The number of rotatable bonds is 4. The Balaban J connectivity index is 1.40. The van der Waals surface area contributed by atoms with Crippen molar-refractivity contribution in [3.8, 4) is 5.75 Å². The summed E-state index contributed by atoms with van der Waals surface area (Å²) in [7, 11) is 0. The molecule has 172 valence electrons. The number of halogens is 2. The zero-order chi connectivity index (χ0) is 23.5. The van der Waals surface area contributed by atoms with Gasteiger partial charge in [0.1, 0.15) is 41.3 Å². The van der Waals surface area contributed by atoms with E-state index < -0.39 is 29.5 Å². The highest BCUT2D eigenvalue weighted by atomic mass is 35.5. The first kappa shape index (κ1) is 21.6. The van der Waals surface area contributed by atoms with Crippen molar-refractivity contribution in [1.29, 1.82) is 0 Å². The van der Waals surface area contributed by atoms with Crippen LogP contribution >= 0.6 is 11.6 Å². The number of nitrogens with two attached hydrogens (primary N) is 2. The van der Waals surface area contributed by atoms with Crippen LogP contribution in [0.15, 0.2) is 36.8 Å². The molecule has 3 heterocycles. The fourth-order valence-corrected chi connectivity index (χ4v) is 4.69. The largest absolute Gasteiger partial charge is 0.493 e. The third-order valence-electron chi connectivity index (χ3n) is 6.41. The molecule has 0 spiro atoms. The van der Waals surface area contributed by atoms with Crippen LogP contribution in [0.4, 0.5) is 16.0 Å². The van der Waals surface area contributed by atoms with Gasteiger partial charge in [-0.2, -0.15) is 0 Å². The second-order valence-electron chi connectivity index (χ2n) is 8.70. The van der Waals surface area contributed by atoms with E-state index in [-0.39, 0.29) is 28.6 Å². The van der Waals surface area contributed by atoms with Crippen molar-refractivity contribution in [1.82, 2.24) is 19.5 Å². The number of pyridine rings is 1. The summed E-state index contributed by atoms with van der Waals surface area (Å²) in [6.07, 6.45) is 1.36. The average Bonchev–Trinajstić information content (AvgIpc) is 3.30. The van der Waals surface area contributed by atoms with Crippen LogP contribution in [0.2, 0.25) is 5.02 Å². The highest BCUT2D eigenvalue weighted by Crippen LogP contribution is 2.46. The number of hydrogen-bond acceptors (Lipinski definition) is 8. The van der Waals surface area contributed by atoms with E-state index in [1.807, 2.05) is 6.92 Å². The van der Waals surface area contributed by atoms with Gasteiger partial charge in [0, 0.05) is 29.1 Å². The van der Waals surface area contributed by atoms with Gasteiger partial charge in [0.15, 0.2) is 0 Å². The molecule has 0 bridgehead atoms. The molecular weight excluding hydrogens is 451 g/mol. The number of aromatic nitrogens is 4. The van der Waals surface area contributed by atoms with Crippen LogP contribution in [0.5, 0.6) is 5.75 Å². The van der Waals surface area contributed by atoms with Crippen LogP contribution in [-0.4, -0.2) is 48.5 Å². The van der Waals surface area contributed by atoms with Crippen LogP contribution in [0, 0.1) is 11.2 Å². The molecule has 33 heavy (non-hydrogen) atoms. The van der Waals surface area contributed by atoms with E-state index in [0.717, 1.165) is 0 Å². The van der Waals surface area contributed by atoms with Crippen LogP contribution in [0.1, 0.15) is 19.4 Å². The second kappa shape index (κ2) is 7.68. The minimum atomic E-state index is -1.09. The number of hydrogen-bond donors (Lipinski definition) is 4. The number of anilines is 2. The van der Waals surface area contributed by atoms with Gasteiger partial charge in [-0.1, -0.05) is 18.5 Å². The Hall–Kier alpha value is -3.21. The Bertz CT molecular complexity index is 1380. The van der Waals surface area contributed by atoms with E-state index in [1.165, 1.54) is 18.5 Å². The van der Waals surface area contributed by atoms with E-state index in [0.29, 0.717) is 28.8 Å². The lowest BCUT2D eigenvalue weighted by molar-refractivity contribution is -0.0364. The first-order valence-corrected chi connectivity index (χ1v) is 10.7. The van der Waals surface area contributed by atoms with E-state index in [9.17, 15) is 14.6 Å². The van der Waals surface area contributed by atoms with Crippen LogP contribution in [0.25, 0.3) is 21.9 Å². The molecule has 1 aliphatic rings. The van der Waals surface area contributed by atoms with Crippen molar-refractivity contribution in [2.24, 2.45) is 5.41 Å². The molecule has 6 N–H and O–H groups in total. The molecule has 1 aromatic carbocycles. The summed E-state index contributed by atoms with van der Waals surface area (Å²) < 4.78 is 22.2. The standard InChI is InChI=1S/C22H22ClFN6O3/c1-22(8-33-10-4-14(24)12-6-13(23)20(26)29-15(12)5-10)7-16(17(31)18(22)32)30-3-2-11-19(25)27-9-28-21(11)30/h2-6,9,16-18,31-32H,7-8H2,1H3,(H2,26,29)(H2,25,27,28)/t16-,17+,18+,22-/m1/s1. The fraction of sp³-hybridized carbons (Fsp3) is 0.318. The maximum absolute atomic E-state index is 14.6. The molecule has 4 aromatic rings. The third-order valence-corrected chi connectivity index (χ3v) is 6.71. The third kappa shape index (κ3) is 3.50. The molecule has 0 saturated heterocycles. The Morgan fingerprint density at radius 3 is 2.79 bits per heavy atom. The monoisotopic (exact) mass is 472 g/mol. The minimum absolute atomic E-state index is 0.0338. The van der Waals surface area contributed by atoms with Gasteiger partial charge in [0.05, 0.1) is 34.7 Å². The first-order chi connectivity index (χ1) is 15.7. The highest BCUT2D eigenvalue weighted by molar-refractivity contribution is 6.33. The lowest BCUT2D eigenvalue weighted by atomic mass is 9.87. The topological polar surface area (TPSA) is 145 Å². The number of benzene rings is 1. The number of fused-ring (bicyclic) bond motifs is 2. The van der Waals surface area contributed by atoms with Crippen molar-refractivity contribution in [3.05, 3.63) is 47.6 Å². The molecule has 1 saturated carbocycles. The molecule has 11 heteroatoms. The van der Waals surface area contributed by atoms with Gasteiger partial charge in [-0.05, 0) is 18.6 Å². The molecule has 4 atom stereocenters. The predicted molar refractivity (Wildman–Crippen MR) is 122 cm³/mol. The molecule has 1 fully saturated rings. The quantitative estimate of drug-likeness (QED) is 0.354. The normalized spacial score (nSPS) is 25.2. The minimum Gasteiger partial charge on any atom is -0.493 e. The van der Waals surface area contributed by atoms with Crippen molar-refractivity contribution in [2.75, 3.05) is 18.1 Å². The number of nitrogen functional groups attached to an aromatic ring is 2. The number of aliphatic hydroxyl groups excluding tert-OH is 2. The summed E-state index contributed by atoms with van der Waals surface area (Å²) in [6.45, 7) is 1.84. The maximum atomic E-state index is 14.6. The smallest absolute Gasteiger partial charge is 0.145 e. The molecule has 1 aliphatic carbocycles. The Morgan fingerprint density at radius 1 is 1.21 bits per heavy atom. The van der Waals surface area contributed by atoms with Crippen LogP contribution in [0.3, 0.4) is 0 Å². The lowest BCUT2D eigenvalue weighted by Gasteiger charge is -2.28. The van der Waals surface area contributed by atoms with Gasteiger partial charge in [-0.25, -0.2) is 19.3 Å². The fourth-order valence-electron chi connectivity index (χ4n) is 4.54. The van der Waals surface area contributed by atoms with Gasteiger partial charge >= 0.3 is 0 Å². The number of nitrogens with zero attached hydrogens (tertiary/aromatic N) is 4. The summed E-state index contributed by atoms with van der Waals surface area (Å²) >= 11 is 5.94. The summed E-state index contributed by atoms with van der Waals surface area (Å²) in [5.74, 6) is 0.107. The summed E-state index contributed by atoms with van der Waals surface area (Å²) in [5.41, 5.74) is 11.7. The molecule has 3 aromatic heterocycles. The number of ether oxygens (including phenoxy) is 1. The van der Waals surface area contributed by atoms with Crippen molar-refractivity contribution in [2.45, 2.75) is 31.6 Å². The first-order valence-electron chi connectivity index (χ1n) is 10.3. The van der Waals surface area contributed by atoms with Gasteiger partial charge in [0.25, 0.3) is 0 Å². The van der Waals surface area contributed by atoms with E-state index >= 15 is 0 Å². The Kier molecular flexibility index (Phi) is 5.04. The predicted octanol–water partition coefficient (Wildman–Crippen LogP) is 2.69. The molecule has 0 amide bonds. The van der Waals surface area contributed by atoms with Gasteiger partial charge in [-0.3, -0.25) is 0 Å². The maximum Gasteiger partial charge on any atom is 0.145 e. The highest BCUT2D eigenvalue weighted by Gasteiger charge is 2.51. The summed E-state index contributed by atoms with van der Waals surface area (Å²) in [6, 6.07) is 5.52. The Labute approximate surface area is 192 Å². The molecule has 0 aliphatic heterocycles. The second-order valence-corrected chi connectivity index (χ2v) is 9.10. The van der Waals surface area contributed by atoms with Crippen molar-refractivity contribution >= 4 is 45.2 Å². The van der Waals surface area contributed by atoms with Crippen molar-refractivity contribution in [3.63, 3.8) is 0 Å². The average molecular weight is 473 g/mol. The zero-order valence-electron chi connectivity index (χ0n) is 17.6. The zero-order valence-corrected chi connectivity index (χ0v) is 18.4. The van der Waals surface area contributed by atoms with E-state index in [2.05, 4.69) is 15.0 Å². The van der Waals surface area contributed by atoms with E-state index in [4.69, 9.17) is 27.8 Å². The molecule has 5 rings (SSSR count). The van der Waals surface area contributed by atoms with Gasteiger partial charge < -0.3 is 31.0 Å². The van der Waals surface area contributed by atoms with Crippen LogP contribution in [-0.2, 0) is 0 Å².